The molecular weight excluding hydrogens is 555 g/mol. The number of phenolic OH excluding ortho intramolecular Hbond substituents is 1. The summed E-state index contributed by atoms with van der Waals surface area (Å²) in [6, 6.07) is 11.9. The molecule has 6 heterocycles. The summed E-state index contributed by atoms with van der Waals surface area (Å²) in [6.07, 6.45) is 7.73. The molecule has 1 aliphatic carbocycles. The van der Waals surface area contributed by atoms with Gasteiger partial charge in [-0.1, -0.05) is 24.6 Å². The molecule has 2 unspecified atom stereocenters. The van der Waals surface area contributed by atoms with Crippen molar-refractivity contribution in [3.05, 3.63) is 47.2 Å². The van der Waals surface area contributed by atoms with Crippen molar-refractivity contribution >= 4 is 22.3 Å². The SMILES string of the molecule is Cc1cccc2cc(O)cc(N3CCc4c(nc(OC[C@]56C[C@H](F)CN5[C@H]5CCC[C@H]5C6)nc4N4CC5CCC(C4)N5)C3)c12. The van der Waals surface area contributed by atoms with E-state index in [9.17, 15) is 9.50 Å². The van der Waals surface area contributed by atoms with Crippen molar-refractivity contribution in [1.29, 1.82) is 0 Å². The second-order valence-corrected chi connectivity index (χ2v) is 14.5. The summed E-state index contributed by atoms with van der Waals surface area (Å²) in [4.78, 5) is 17.5. The van der Waals surface area contributed by atoms with Crippen LogP contribution >= 0.6 is 0 Å². The zero-order valence-corrected chi connectivity index (χ0v) is 25.6. The van der Waals surface area contributed by atoms with Gasteiger partial charge >= 0.3 is 6.01 Å². The van der Waals surface area contributed by atoms with E-state index in [1.54, 1.807) is 0 Å². The van der Waals surface area contributed by atoms with Crippen molar-refractivity contribution in [2.24, 2.45) is 5.92 Å². The largest absolute Gasteiger partial charge is 0.508 e. The number of fused-ring (bicyclic) bond motifs is 7. The number of hydrogen-bond donors (Lipinski definition) is 2. The highest BCUT2D eigenvalue weighted by molar-refractivity contribution is 5.98. The maximum Gasteiger partial charge on any atom is 0.318 e. The standard InChI is InChI=1S/C35H43FN6O2/c1-21-4-2-5-22-12-27(43)13-31(32(21)22)40-11-10-28-29(19-40)38-34(39-33(28)41-17-25-8-9-26(18-41)37-25)44-20-35-14-23-6-3-7-30(23)42(35)16-24(36)15-35/h2,4-5,12-13,23-26,30,37,43H,3,6-11,14-20H2,1H3/t23-,24-,25?,26?,30-,35-/m0/s1. The number of hydrogen-bond acceptors (Lipinski definition) is 8. The molecule has 232 valence electrons. The number of nitrogens with zero attached hydrogens (tertiary/aromatic N) is 5. The third-order valence-electron chi connectivity index (χ3n) is 11.8. The fourth-order valence-electron chi connectivity index (χ4n) is 9.96. The normalized spacial score (nSPS) is 32.7. The number of phenols is 1. The van der Waals surface area contributed by atoms with Crippen molar-refractivity contribution in [3.8, 4) is 11.8 Å². The Morgan fingerprint density at radius 2 is 1.91 bits per heavy atom. The molecule has 0 amide bonds. The molecule has 4 saturated heterocycles. The number of halogens is 1. The van der Waals surface area contributed by atoms with E-state index in [4.69, 9.17) is 14.7 Å². The molecule has 9 heteroatoms. The minimum atomic E-state index is -0.786. The van der Waals surface area contributed by atoms with Crippen LogP contribution in [0.4, 0.5) is 15.9 Å². The van der Waals surface area contributed by atoms with Crippen LogP contribution in [0.1, 0.15) is 61.8 Å². The average Bonchev–Trinajstić information content (AvgIpc) is 3.75. The van der Waals surface area contributed by atoms with Gasteiger partial charge in [-0.05, 0) is 68.4 Å². The molecule has 3 aromatic rings. The molecule has 44 heavy (non-hydrogen) atoms. The Kier molecular flexibility index (Phi) is 6.28. The van der Waals surface area contributed by atoms with Crippen LogP contribution < -0.4 is 19.9 Å². The molecule has 2 N–H and O–H groups in total. The number of aryl methyl sites for hydroxylation is 1. The van der Waals surface area contributed by atoms with E-state index in [0.29, 0.717) is 56.2 Å². The molecule has 1 saturated carbocycles. The third-order valence-corrected chi connectivity index (χ3v) is 11.8. The molecule has 2 aromatic carbocycles. The first-order chi connectivity index (χ1) is 21.4. The van der Waals surface area contributed by atoms with Crippen LogP contribution in [0.15, 0.2) is 30.3 Å². The fraction of sp³-hybridized carbons (Fsp3) is 0.600. The molecule has 0 radical (unpaired) electrons. The smallest absolute Gasteiger partial charge is 0.318 e. The van der Waals surface area contributed by atoms with Crippen molar-refractivity contribution in [2.45, 2.75) is 94.7 Å². The van der Waals surface area contributed by atoms with Crippen LogP contribution in [0.5, 0.6) is 11.8 Å². The van der Waals surface area contributed by atoms with Crippen LogP contribution in [0.2, 0.25) is 0 Å². The van der Waals surface area contributed by atoms with E-state index < -0.39 is 6.17 Å². The van der Waals surface area contributed by atoms with Gasteiger partial charge in [0.25, 0.3) is 0 Å². The molecule has 0 spiro atoms. The first-order valence-electron chi connectivity index (χ1n) is 16.8. The first-order valence-corrected chi connectivity index (χ1v) is 16.8. The lowest BCUT2D eigenvalue weighted by Gasteiger charge is -2.38. The number of ether oxygens (including phenoxy) is 1. The van der Waals surface area contributed by atoms with Gasteiger partial charge in [-0.3, -0.25) is 4.90 Å². The monoisotopic (exact) mass is 598 g/mol. The van der Waals surface area contributed by atoms with Crippen LogP contribution in [-0.4, -0.2) is 82.6 Å². The maximum atomic E-state index is 14.9. The summed E-state index contributed by atoms with van der Waals surface area (Å²) in [5.41, 5.74) is 4.21. The Balaban J connectivity index is 1.07. The van der Waals surface area contributed by atoms with Gasteiger partial charge in [0.2, 0.25) is 0 Å². The molecule has 5 aliphatic heterocycles. The van der Waals surface area contributed by atoms with Crippen molar-refractivity contribution in [1.82, 2.24) is 20.2 Å². The summed E-state index contributed by atoms with van der Waals surface area (Å²) in [5, 5.41) is 16.6. The number of alkyl halides is 1. The second-order valence-electron chi connectivity index (χ2n) is 14.5. The Morgan fingerprint density at radius 3 is 2.77 bits per heavy atom. The number of benzene rings is 2. The lowest BCUT2D eigenvalue weighted by Crippen LogP contribution is -2.52. The van der Waals surface area contributed by atoms with E-state index in [1.165, 1.54) is 48.6 Å². The van der Waals surface area contributed by atoms with E-state index in [1.807, 2.05) is 18.2 Å². The highest BCUT2D eigenvalue weighted by Gasteiger charge is 2.58. The minimum Gasteiger partial charge on any atom is -0.508 e. The summed E-state index contributed by atoms with van der Waals surface area (Å²) in [6.45, 7) is 6.47. The number of nitrogens with one attached hydrogen (secondary N) is 1. The molecule has 8 nitrogen and oxygen atoms in total. The summed E-state index contributed by atoms with van der Waals surface area (Å²) in [5.74, 6) is 1.96. The van der Waals surface area contributed by atoms with Crippen LogP contribution in [-0.2, 0) is 13.0 Å². The minimum absolute atomic E-state index is 0.243. The highest BCUT2D eigenvalue weighted by Crippen LogP contribution is 2.52. The number of piperazine rings is 1. The van der Waals surface area contributed by atoms with E-state index in [0.717, 1.165) is 55.1 Å². The van der Waals surface area contributed by atoms with Gasteiger partial charge in [0.15, 0.2) is 0 Å². The zero-order valence-electron chi connectivity index (χ0n) is 25.6. The molecule has 6 atom stereocenters. The van der Waals surface area contributed by atoms with E-state index in [2.05, 4.69) is 39.1 Å². The van der Waals surface area contributed by atoms with Crippen molar-refractivity contribution in [2.75, 3.05) is 42.6 Å². The topological polar surface area (TPSA) is 77.0 Å². The van der Waals surface area contributed by atoms with Crippen LogP contribution in [0.25, 0.3) is 10.8 Å². The molecule has 2 bridgehead atoms. The summed E-state index contributed by atoms with van der Waals surface area (Å²) < 4.78 is 21.5. The Hall–Kier alpha value is -3.17. The molecular formula is C35H43FN6O2. The second kappa shape index (κ2) is 10.2. The van der Waals surface area contributed by atoms with E-state index in [-0.39, 0.29) is 11.3 Å². The van der Waals surface area contributed by atoms with Gasteiger partial charge in [-0.2, -0.15) is 9.97 Å². The lowest BCUT2D eigenvalue weighted by molar-refractivity contribution is 0.0829. The predicted molar refractivity (Wildman–Crippen MR) is 169 cm³/mol. The van der Waals surface area contributed by atoms with Crippen LogP contribution in [0, 0.1) is 12.8 Å². The predicted octanol–water partition coefficient (Wildman–Crippen LogP) is 4.88. The first kappa shape index (κ1) is 27.2. The maximum absolute atomic E-state index is 14.9. The van der Waals surface area contributed by atoms with Gasteiger partial charge in [0.05, 0.1) is 17.8 Å². The highest BCUT2D eigenvalue weighted by atomic mass is 19.1. The molecule has 6 aliphatic rings. The van der Waals surface area contributed by atoms with Gasteiger partial charge < -0.3 is 25.0 Å². The molecule has 9 rings (SSSR count). The molecule has 5 fully saturated rings. The number of anilines is 2. The van der Waals surface area contributed by atoms with Gasteiger partial charge in [0, 0.05) is 73.4 Å². The van der Waals surface area contributed by atoms with Gasteiger partial charge in [0.1, 0.15) is 24.3 Å². The Bertz CT molecular complexity index is 1610. The fourth-order valence-corrected chi connectivity index (χ4v) is 9.96. The summed E-state index contributed by atoms with van der Waals surface area (Å²) in [7, 11) is 0. The number of rotatable bonds is 5. The lowest BCUT2D eigenvalue weighted by atomic mass is 9.89. The number of aromatic nitrogens is 2. The quantitative estimate of drug-likeness (QED) is 0.431. The average molecular weight is 599 g/mol. The summed E-state index contributed by atoms with van der Waals surface area (Å²) >= 11 is 0. The van der Waals surface area contributed by atoms with Crippen molar-refractivity contribution < 1.29 is 14.2 Å². The zero-order chi connectivity index (χ0) is 29.6. The third kappa shape index (κ3) is 4.37. The van der Waals surface area contributed by atoms with Gasteiger partial charge in [-0.15, -0.1) is 0 Å². The molecule has 1 aromatic heterocycles. The van der Waals surface area contributed by atoms with E-state index >= 15 is 0 Å². The number of aromatic hydroxyl groups is 1. The van der Waals surface area contributed by atoms with Crippen LogP contribution in [0.3, 0.4) is 0 Å². The van der Waals surface area contributed by atoms with Crippen molar-refractivity contribution in [3.63, 3.8) is 0 Å². The Labute approximate surface area is 258 Å². The van der Waals surface area contributed by atoms with Gasteiger partial charge in [-0.25, -0.2) is 4.39 Å². The Morgan fingerprint density at radius 1 is 1.05 bits per heavy atom.